The molecule has 1 aliphatic rings. The molecular weight excluding hydrogens is 350 g/mol. The van der Waals surface area contributed by atoms with E-state index in [2.05, 4.69) is 10.1 Å². The molecule has 9 nitrogen and oxygen atoms in total. The maximum Gasteiger partial charge on any atom is 0.409 e. The third-order valence-corrected chi connectivity index (χ3v) is 4.36. The number of amides is 2. The molecule has 1 saturated heterocycles. The van der Waals surface area contributed by atoms with Gasteiger partial charge in [0.15, 0.2) is 0 Å². The number of carbonyl (C=O) groups excluding carboxylic acids is 2. The molecular formula is C18H23N5O4. The van der Waals surface area contributed by atoms with Gasteiger partial charge in [-0.25, -0.2) is 4.79 Å². The Hall–Kier alpha value is -2.94. The molecule has 0 bridgehead atoms. The van der Waals surface area contributed by atoms with E-state index >= 15 is 0 Å². The quantitative estimate of drug-likeness (QED) is 0.834. The van der Waals surface area contributed by atoms with E-state index in [1.165, 1.54) is 0 Å². The van der Waals surface area contributed by atoms with Crippen LogP contribution in [0.4, 0.5) is 4.79 Å². The van der Waals surface area contributed by atoms with Crippen molar-refractivity contribution in [2.75, 3.05) is 39.4 Å². The molecule has 27 heavy (non-hydrogen) atoms. The Morgan fingerprint density at radius 2 is 1.89 bits per heavy atom. The minimum Gasteiger partial charge on any atom is -0.450 e. The van der Waals surface area contributed by atoms with E-state index in [1.54, 1.807) is 52.1 Å². The molecule has 0 aliphatic carbocycles. The van der Waals surface area contributed by atoms with Crippen LogP contribution in [0.15, 0.2) is 30.7 Å². The van der Waals surface area contributed by atoms with Gasteiger partial charge in [0.2, 0.25) is 0 Å². The fraction of sp³-hybridized carbons (Fsp3) is 0.444. The summed E-state index contributed by atoms with van der Waals surface area (Å²) in [5.41, 5.74) is 2.04. The summed E-state index contributed by atoms with van der Waals surface area (Å²) >= 11 is 0. The van der Waals surface area contributed by atoms with E-state index in [-0.39, 0.29) is 18.6 Å². The summed E-state index contributed by atoms with van der Waals surface area (Å²) in [4.78, 5) is 32.1. The zero-order valence-electron chi connectivity index (χ0n) is 15.2. The Bertz CT molecular complexity index is 781. The van der Waals surface area contributed by atoms with Gasteiger partial charge in [-0.15, -0.1) is 0 Å². The molecule has 2 amide bonds. The zero-order chi connectivity index (χ0) is 19.2. The van der Waals surface area contributed by atoms with Crippen molar-refractivity contribution in [3.05, 3.63) is 36.3 Å². The van der Waals surface area contributed by atoms with Crippen molar-refractivity contribution in [3.8, 4) is 11.3 Å². The fourth-order valence-electron chi connectivity index (χ4n) is 2.90. The molecule has 0 spiro atoms. The number of pyridine rings is 1. The molecule has 1 aliphatic heterocycles. The van der Waals surface area contributed by atoms with Gasteiger partial charge >= 0.3 is 6.09 Å². The number of aliphatic hydroxyl groups excluding tert-OH is 1. The van der Waals surface area contributed by atoms with E-state index in [9.17, 15) is 9.59 Å². The highest BCUT2D eigenvalue weighted by Crippen LogP contribution is 2.17. The largest absolute Gasteiger partial charge is 0.450 e. The summed E-state index contributed by atoms with van der Waals surface area (Å²) in [6, 6.07) is 3.52. The Morgan fingerprint density at radius 1 is 1.15 bits per heavy atom. The number of piperazine rings is 1. The van der Waals surface area contributed by atoms with Crippen LogP contribution >= 0.6 is 0 Å². The van der Waals surface area contributed by atoms with Crippen molar-refractivity contribution < 1.29 is 19.4 Å². The van der Waals surface area contributed by atoms with Crippen molar-refractivity contribution in [1.82, 2.24) is 24.6 Å². The van der Waals surface area contributed by atoms with Gasteiger partial charge in [-0.05, 0) is 19.1 Å². The van der Waals surface area contributed by atoms with E-state index < -0.39 is 0 Å². The summed E-state index contributed by atoms with van der Waals surface area (Å²) in [5, 5.41) is 13.1. The molecule has 0 aromatic carbocycles. The van der Waals surface area contributed by atoms with Gasteiger partial charge in [-0.1, -0.05) is 0 Å². The van der Waals surface area contributed by atoms with Crippen LogP contribution < -0.4 is 0 Å². The first-order valence-electron chi connectivity index (χ1n) is 8.93. The Labute approximate surface area is 157 Å². The zero-order valence-corrected chi connectivity index (χ0v) is 15.2. The molecule has 1 fully saturated rings. The standard InChI is InChI=1S/C18H23N5O4/c1-2-27-18(26)22-7-5-21(6-8-22)17(25)14-3-4-16(19-11-14)15-12-20-23(13-15)9-10-24/h3-4,11-13,24H,2,5-10H2,1H3. The number of hydrogen-bond donors (Lipinski definition) is 1. The fourth-order valence-corrected chi connectivity index (χ4v) is 2.90. The third-order valence-electron chi connectivity index (χ3n) is 4.36. The SMILES string of the molecule is CCOC(=O)N1CCN(C(=O)c2ccc(-c3cnn(CCO)c3)nc2)CC1. The van der Waals surface area contributed by atoms with Gasteiger partial charge in [-0.3, -0.25) is 14.5 Å². The van der Waals surface area contributed by atoms with Gasteiger partial charge in [0.05, 0.1) is 37.2 Å². The van der Waals surface area contributed by atoms with Crippen molar-refractivity contribution in [2.24, 2.45) is 0 Å². The molecule has 1 N–H and O–H groups in total. The highest BCUT2D eigenvalue weighted by atomic mass is 16.6. The summed E-state index contributed by atoms with van der Waals surface area (Å²) in [7, 11) is 0. The second-order valence-electron chi connectivity index (χ2n) is 6.13. The third kappa shape index (κ3) is 4.43. The van der Waals surface area contributed by atoms with Crippen LogP contribution in [0.1, 0.15) is 17.3 Å². The maximum atomic E-state index is 12.6. The Morgan fingerprint density at radius 3 is 2.52 bits per heavy atom. The minimum absolute atomic E-state index is 0.0193. The van der Waals surface area contributed by atoms with E-state index in [1.807, 2.05) is 0 Å². The number of nitrogens with zero attached hydrogens (tertiary/aromatic N) is 5. The van der Waals surface area contributed by atoms with Crippen molar-refractivity contribution in [1.29, 1.82) is 0 Å². The van der Waals surface area contributed by atoms with Gasteiger partial charge in [0.25, 0.3) is 5.91 Å². The average Bonchev–Trinajstić information content (AvgIpc) is 3.17. The van der Waals surface area contributed by atoms with Crippen LogP contribution in [-0.2, 0) is 11.3 Å². The summed E-state index contributed by atoms with van der Waals surface area (Å²) in [6.45, 7) is 4.40. The second-order valence-corrected chi connectivity index (χ2v) is 6.13. The smallest absolute Gasteiger partial charge is 0.409 e. The molecule has 2 aromatic rings. The molecule has 0 unspecified atom stereocenters. The number of hydrogen-bond acceptors (Lipinski definition) is 6. The molecule has 144 valence electrons. The van der Waals surface area contributed by atoms with Crippen LogP contribution in [0.2, 0.25) is 0 Å². The van der Waals surface area contributed by atoms with Crippen LogP contribution in [0.25, 0.3) is 11.3 Å². The first-order valence-corrected chi connectivity index (χ1v) is 8.93. The predicted octanol–water partition coefficient (Wildman–Crippen LogP) is 0.852. The molecule has 0 saturated carbocycles. The van der Waals surface area contributed by atoms with E-state index in [0.29, 0.717) is 50.6 Å². The minimum atomic E-state index is -0.336. The number of carbonyl (C=O) groups is 2. The van der Waals surface area contributed by atoms with Crippen molar-refractivity contribution >= 4 is 12.0 Å². The highest BCUT2D eigenvalue weighted by molar-refractivity contribution is 5.94. The average molecular weight is 373 g/mol. The van der Waals surface area contributed by atoms with Gasteiger partial charge in [0, 0.05) is 44.1 Å². The monoisotopic (exact) mass is 373 g/mol. The van der Waals surface area contributed by atoms with Crippen LogP contribution in [0.5, 0.6) is 0 Å². The first kappa shape index (κ1) is 18.8. The predicted molar refractivity (Wildman–Crippen MR) is 97.0 cm³/mol. The molecule has 0 atom stereocenters. The van der Waals surface area contributed by atoms with E-state index in [0.717, 1.165) is 5.56 Å². The number of ether oxygens (including phenoxy) is 1. The van der Waals surface area contributed by atoms with Crippen LogP contribution in [0.3, 0.4) is 0 Å². The topological polar surface area (TPSA) is 101 Å². The molecule has 3 rings (SSSR count). The Kier molecular flexibility index (Phi) is 6.02. The summed E-state index contributed by atoms with van der Waals surface area (Å²) in [6.07, 6.45) is 4.69. The first-order chi connectivity index (χ1) is 13.1. The lowest BCUT2D eigenvalue weighted by molar-refractivity contribution is 0.0570. The second kappa shape index (κ2) is 8.63. The molecule has 3 heterocycles. The van der Waals surface area contributed by atoms with Gasteiger partial charge < -0.3 is 19.6 Å². The lowest BCUT2D eigenvalue weighted by atomic mass is 10.1. The van der Waals surface area contributed by atoms with Crippen molar-refractivity contribution in [2.45, 2.75) is 13.5 Å². The van der Waals surface area contributed by atoms with Gasteiger partial charge in [-0.2, -0.15) is 5.10 Å². The summed E-state index contributed by atoms with van der Waals surface area (Å²) < 4.78 is 6.62. The number of aromatic nitrogens is 3. The van der Waals surface area contributed by atoms with Crippen molar-refractivity contribution in [3.63, 3.8) is 0 Å². The Balaban J connectivity index is 1.60. The normalized spacial score (nSPS) is 14.3. The van der Waals surface area contributed by atoms with Crippen LogP contribution in [0, 0.1) is 0 Å². The molecule has 9 heteroatoms. The van der Waals surface area contributed by atoms with E-state index in [4.69, 9.17) is 9.84 Å². The molecule has 2 aromatic heterocycles. The lowest BCUT2D eigenvalue weighted by Gasteiger charge is -2.34. The maximum absolute atomic E-state index is 12.6. The lowest BCUT2D eigenvalue weighted by Crippen LogP contribution is -2.50. The number of aliphatic hydroxyl groups is 1. The number of rotatable bonds is 5. The summed E-state index contributed by atoms with van der Waals surface area (Å²) in [5.74, 6) is -0.103. The van der Waals surface area contributed by atoms with Gasteiger partial charge in [0.1, 0.15) is 0 Å². The highest BCUT2D eigenvalue weighted by Gasteiger charge is 2.25. The molecule has 0 radical (unpaired) electrons. The van der Waals surface area contributed by atoms with Crippen LogP contribution in [-0.4, -0.2) is 81.1 Å².